The molecule has 1 atom stereocenters. The monoisotopic (exact) mass is 618 g/mol. The second-order valence-corrected chi connectivity index (χ2v) is 14.0. The first-order valence-electron chi connectivity index (χ1n) is 14.0. The highest BCUT2D eigenvalue weighted by atomic mass is 32.2. The summed E-state index contributed by atoms with van der Waals surface area (Å²) in [5.41, 5.74) is 2.00. The van der Waals surface area contributed by atoms with Crippen molar-refractivity contribution < 1.29 is 36.6 Å². The van der Waals surface area contributed by atoms with Crippen molar-refractivity contribution in [2.75, 3.05) is 20.1 Å². The second kappa shape index (κ2) is 12.8. The summed E-state index contributed by atoms with van der Waals surface area (Å²) in [5, 5.41) is 23.0. The topological polar surface area (TPSA) is 107 Å². The van der Waals surface area contributed by atoms with E-state index in [1.807, 2.05) is 26.0 Å². The van der Waals surface area contributed by atoms with Crippen molar-refractivity contribution in [3.8, 4) is 11.1 Å². The van der Waals surface area contributed by atoms with Crippen LogP contribution < -0.4 is 5.32 Å². The van der Waals surface area contributed by atoms with Crippen LogP contribution in [-0.4, -0.2) is 60.7 Å². The summed E-state index contributed by atoms with van der Waals surface area (Å²) in [6, 6.07) is 16.8. The maximum atomic E-state index is 13.8. The van der Waals surface area contributed by atoms with Crippen LogP contribution in [0.2, 0.25) is 0 Å². The number of fused-ring (bicyclic) bond motifs is 1. The van der Waals surface area contributed by atoms with Gasteiger partial charge in [-0.05, 0) is 85.0 Å². The quantitative estimate of drug-likeness (QED) is 0.259. The zero-order chi connectivity index (χ0) is 31.6. The average molecular weight is 619 g/mol. The Morgan fingerprint density at radius 1 is 1.00 bits per heavy atom. The normalized spacial score (nSPS) is 15.1. The molecule has 0 fully saturated rings. The Bertz CT molecular complexity index is 1530. The standard InChI is InChI=1S/C32H37F3N2O5S/c1-31(2,18-22-12-24-6-4-5-7-25(24)13-22)36-19-28(38)20-37(3)43(41,42)29-16-26(15-27(17-29)32(33,34)35)23-10-8-21(9-11-23)14-30(39)40/h4-11,15-17,22,28,36,38H,12-14,18-20H2,1-3H3,(H,39,40). The van der Waals surface area contributed by atoms with E-state index in [0.717, 1.165) is 35.7 Å². The third kappa shape index (κ3) is 8.44. The fourth-order valence-corrected chi connectivity index (χ4v) is 6.97. The Labute approximate surface area is 250 Å². The number of hydrogen-bond donors (Lipinski definition) is 3. The Balaban J connectivity index is 1.44. The molecule has 0 amide bonds. The van der Waals surface area contributed by atoms with Crippen LogP contribution in [0.25, 0.3) is 11.1 Å². The number of hydrogen-bond acceptors (Lipinski definition) is 5. The molecule has 0 aromatic heterocycles. The highest BCUT2D eigenvalue weighted by Crippen LogP contribution is 2.36. The van der Waals surface area contributed by atoms with Crippen LogP contribution in [0.5, 0.6) is 0 Å². The van der Waals surface area contributed by atoms with E-state index in [1.54, 1.807) is 0 Å². The first-order valence-corrected chi connectivity index (χ1v) is 15.5. The molecule has 0 bridgehead atoms. The minimum absolute atomic E-state index is 0.0155. The van der Waals surface area contributed by atoms with E-state index in [0.29, 0.717) is 23.1 Å². The van der Waals surface area contributed by atoms with Gasteiger partial charge in [0.15, 0.2) is 0 Å². The third-order valence-corrected chi connectivity index (χ3v) is 9.60. The van der Waals surface area contributed by atoms with Gasteiger partial charge in [-0.25, -0.2) is 8.42 Å². The van der Waals surface area contributed by atoms with Crippen molar-refractivity contribution in [1.29, 1.82) is 0 Å². The molecule has 1 unspecified atom stereocenters. The predicted molar refractivity (Wildman–Crippen MR) is 158 cm³/mol. The fraction of sp³-hybridized carbons (Fsp3) is 0.406. The lowest BCUT2D eigenvalue weighted by molar-refractivity contribution is -0.138. The van der Waals surface area contributed by atoms with E-state index >= 15 is 0 Å². The van der Waals surface area contributed by atoms with Gasteiger partial charge < -0.3 is 15.5 Å². The molecular weight excluding hydrogens is 581 g/mol. The van der Waals surface area contributed by atoms with Gasteiger partial charge in [0.2, 0.25) is 10.0 Å². The van der Waals surface area contributed by atoms with Crippen LogP contribution in [0.4, 0.5) is 13.2 Å². The van der Waals surface area contributed by atoms with Gasteiger partial charge in [-0.2, -0.15) is 17.5 Å². The lowest BCUT2D eigenvalue weighted by atomic mass is 9.88. The summed E-state index contributed by atoms with van der Waals surface area (Å²) in [5.74, 6) is -0.604. The number of alkyl halides is 3. The third-order valence-electron chi connectivity index (χ3n) is 7.80. The molecule has 0 spiro atoms. The zero-order valence-electron chi connectivity index (χ0n) is 24.4. The number of aliphatic carboxylic acids is 1. The van der Waals surface area contributed by atoms with Crippen LogP contribution in [-0.2, 0) is 40.3 Å². The number of carbonyl (C=O) groups is 1. The largest absolute Gasteiger partial charge is 0.481 e. The number of halogens is 3. The number of benzene rings is 3. The van der Waals surface area contributed by atoms with Gasteiger partial charge in [-0.15, -0.1) is 0 Å². The number of nitrogens with one attached hydrogen (secondary N) is 1. The van der Waals surface area contributed by atoms with Crippen molar-refractivity contribution in [1.82, 2.24) is 9.62 Å². The van der Waals surface area contributed by atoms with Gasteiger partial charge >= 0.3 is 12.1 Å². The first-order chi connectivity index (χ1) is 20.0. The smallest absolute Gasteiger partial charge is 0.416 e. The zero-order valence-corrected chi connectivity index (χ0v) is 25.2. The molecule has 0 saturated carbocycles. The summed E-state index contributed by atoms with van der Waals surface area (Å²) >= 11 is 0. The number of carboxylic acid groups (broad SMARTS) is 1. The molecule has 3 N–H and O–H groups in total. The van der Waals surface area contributed by atoms with Crippen LogP contribution in [0.1, 0.15) is 42.5 Å². The van der Waals surface area contributed by atoms with Gasteiger partial charge in [-0.1, -0.05) is 48.5 Å². The number of sulfonamides is 1. The van der Waals surface area contributed by atoms with Gasteiger partial charge in [0.05, 0.1) is 23.0 Å². The number of rotatable bonds is 12. The van der Waals surface area contributed by atoms with Gasteiger partial charge in [0.25, 0.3) is 0 Å². The Morgan fingerprint density at radius 2 is 1.60 bits per heavy atom. The van der Waals surface area contributed by atoms with Crippen molar-refractivity contribution in [3.05, 3.63) is 89.0 Å². The van der Waals surface area contributed by atoms with Gasteiger partial charge in [0, 0.05) is 25.7 Å². The predicted octanol–water partition coefficient (Wildman–Crippen LogP) is 5.15. The number of β-amino-alcohol motifs (C(OH)–C–C–N with tert-alkyl or cyclic N) is 1. The van der Waals surface area contributed by atoms with Crippen molar-refractivity contribution in [2.45, 2.75) is 62.2 Å². The van der Waals surface area contributed by atoms with Crippen molar-refractivity contribution in [3.63, 3.8) is 0 Å². The lowest BCUT2D eigenvalue weighted by Gasteiger charge is -2.31. The molecule has 0 heterocycles. The Morgan fingerprint density at radius 3 is 2.16 bits per heavy atom. The number of carboxylic acids is 1. The summed E-state index contributed by atoms with van der Waals surface area (Å²) in [6.07, 6.45) is -3.35. The van der Waals surface area contributed by atoms with E-state index in [4.69, 9.17) is 5.11 Å². The molecule has 3 aromatic carbocycles. The summed E-state index contributed by atoms with van der Waals surface area (Å²) < 4.78 is 69.0. The Hall–Kier alpha value is -3.25. The molecule has 43 heavy (non-hydrogen) atoms. The van der Waals surface area contributed by atoms with Crippen LogP contribution in [0.15, 0.2) is 71.6 Å². The number of likely N-dealkylation sites (N-methyl/N-ethyl adjacent to an activating group) is 1. The highest BCUT2D eigenvalue weighted by molar-refractivity contribution is 7.89. The van der Waals surface area contributed by atoms with E-state index in [2.05, 4.69) is 17.4 Å². The summed E-state index contributed by atoms with van der Waals surface area (Å²) in [7, 11) is -3.18. The van der Waals surface area contributed by atoms with Crippen LogP contribution >= 0.6 is 0 Å². The van der Waals surface area contributed by atoms with Crippen LogP contribution in [0.3, 0.4) is 0 Å². The summed E-state index contributed by atoms with van der Waals surface area (Å²) in [6.45, 7) is 3.84. The van der Waals surface area contributed by atoms with E-state index in [9.17, 15) is 31.5 Å². The maximum Gasteiger partial charge on any atom is 0.416 e. The minimum atomic E-state index is -4.81. The fourth-order valence-electron chi connectivity index (χ4n) is 5.69. The van der Waals surface area contributed by atoms with E-state index < -0.39 is 38.7 Å². The molecule has 1 aliphatic carbocycles. The number of aliphatic hydroxyl groups excluding tert-OH is 1. The molecule has 1 aliphatic rings. The SMILES string of the molecule is CN(CC(O)CNC(C)(C)CC1Cc2ccccc2C1)S(=O)(=O)c1cc(-c2ccc(CC(=O)O)cc2)cc(C(F)(F)F)c1. The van der Waals surface area contributed by atoms with Gasteiger partial charge in [0.1, 0.15) is 0 Å². The molecular formula is C32H37F3N2O5S. The maximum absolute atomic E-state index is 13.8. The first kappa shape index (κ1) is 32.7. The molecule has 0 aliphatic heterocycles. The number of aliphatic hydroxyl groups is 1. The van der Waals surface area contributed by atoms with Crippen molar-refractivity contribution >= 4 is 16.0 Å². The average Bonchev–Trinajstić information content (AvgIpc) is 3.33. The molecule has 0 saturated heterocycles. The highest BCUT2D eigenvalue weighted by Gasteiger charge is 2.34. The minimum Gasteiger partial charge on any atom is -0.481 e. The Kier molecular flexibility index (Phi) is 9.70. The van der Waals surface area contributed by atoms with E-state index in [-0.39, 0.29) is 30.6 Å². The molecule has 7 nitrogen and oxygen atoms in total. The second-order valence-electron chi connectivity index (χ2n) is 12.0. The summed E-state index contributed by atoms with van der Waals surface area (Å²) in [4.78, 5) is 10.4. The van der Waals surface area contributed by atoms with Crippen LogP contribution in [0, 0.1) is 5.92 Å². The molecule has 4 rings (SSSR count). The van der Waals surface area contributed by atoms with Crippen molar-refractivity contribution in [2.24, 2.45) is 5.92 Å². The lowest BCUT2D eigenvalue weighted by Crippen LogP contribution is -2.47. The van der Waals surface area contributed by atoms with E-state index in [1.165, 1.54) is 42.4 Å². The van der Waals surface area contributed by atoms with Gasteiger partial charge in [-0.3, -0.25) is 4.79 Å². The molecule has 3 aromatic rings. The molecule has 0 radical (unpaired) electrons. The number of nitrogens with zero attached hydrogens (tertiary/aromatic N) is 1. The molecule has 11 heteroatoms. The molecule has 232 valence electrons.